The van der Waals surface area contributed by atoms with Crippen LogP contribution in [-0.2, 0) is 14.3 Å². The Morgan fingerprint density at radius 3 is 2.75 bits per heavy atom. The van der Waals surface area contributed by atoms with E-state index in [0.29, 0.717) is 25.9 Å². The second kappa shape index (κ2) is 5.35. The normalized spacial score (nSPS) is 33.0. The van der Waals surface area contributed by atoms with E-state index in [2.05, 4.69) is 0 Å². The first kappa shape index (κ1) is 13.9. The van der Waals surface area contributed by atoms with Crippen molar-refractivity contribution in [1.82, 2.24) is 4.90 Å². The quantitative estimate of drug-likeness (QED) is 0.856. The number of nitrogens with zero attached hydrogens (tertiary/aromatic N) is 1. The predicted octanol–water partition coefficient (Wildman–Crippen LogP) is 1.80. The third-order valence-electron chi connectivity index (χ3n) is 5.13. The maximum absolute atomic E-state index is 11.9. The Bertz CT molecular complexity index is 403. The van der Waals surface area contributed by atoms with E-state index >= 15 is 0 Å². The molecule has 0 aromatic heterocycles. The molecule has 1 saturated carbocycles. The third kappa shape index (κ3) is 2.68. The average molecular weight is 281 g/mol. The van der Waals surface area contributed by atoms with E-state index in [4.69, 9.17) is 9.84 Å². The number of carboxylic acid groups (broad SMARTS) is 1. The van der Waals surface area contributed by atoms with Crippen LogP contribution in [0.2, 0.25) is 0 Å². The third-order valence-corrected chi connectivity index (χ3v) is 5.13. The minimum Gasteiger partial charge on any atom is -0.481 e. The van der Waals surface area contributed by atoms with Crippen LogP contribution in [0.25, 0.3) is 0 Å². The van der Waals surface area contributed by atoms with Gasteiger partial charge in [0.25, 0.3) is 0 Å². The summed E-state index contributed by atoms with van der Waals surface area (Å²) in [5.41, 5.74) is 0.0791. The SMILES string of the molecule is O=C(O)C1CCC(=O)N(CC2CCC3(CCCC3)O2)C1. The standard InChI is InChI=1S/C15H23NO4/c17-13-4-3-11(14(18)19)9-16(13)10-12-5-8-15(20-12)6-1-2-7-15/h11-12H,1-10H2,(H,18,19). The molecule has 2 heterocycles. The van der Waals surface area contributed by atoms with Crippen molar-refractivity contribution < 1.29 is 19.4 Å². The highest BCUT2D eigenvalue weighted by Gasteiger charge is 2.43. The van der Waals surface area contributed by atoms with E-state index in [1.807, 2.05) is 0 Å². The number of amides is 1. The van der Waals surface area contributed by atoms with Crippen molar-refractivity contribution in [3.05, 3.63) is 0 Å². The minimum atomic E-state index is -0.790. The zero-order valence-electron chi connectivity index (χ0n) is 11.8. The van der Waals surface area contributed by atoms with E-state index in [1.165, 1.54) is 12.8 Å². The highest BCUT2D eigenvalue weighted by Crippen LogP contribution is 2.43. The number of piperidine rings is 1. The Balaban J connectivity index is 1.57. The number of carbonyl (C=O) groups is 2. The molecule has 0 bridgehead atoms. The number of likely N-dealkylation sites (tertiary alicyclic amines) is 1. The summed E-state index contributed by atoms with van der Waals surface area (Å²) in [6.45, 7) is 0.922. The molecule has 3 rings (SSSR count). The first-order valence-corrected chi connectivity index (χ1v) is 7.76. The van der Waals surface area contributed by atoms with Gasteiger partial charge in [-0.3, -0.25) is 9.59 Å². The number of hydrogen-bond donors (Lipinski definition) is 1. The van der Waals surface area contributed by atoms with Crippen molar-refractivity contribution >= 4 is 11.9 Å². The van der Waals surface area contributed by atoms with Crippen LogP contribution in [0.5, 0.6) is 0 Å². The van der Waals surface area contributed by atoms with Crippen molar-refractivity contribution in [3.63, 3.8) is 0 Å². The zero-order chi connectivity index (χ0) is 14.2. The van der Waals surface area contributed by atoms with Gasteiger partial charge >= 0.3 is 5.97 Å². The van der Waals surface area contributed by atoms with Crippen molar-refractivity contribution in [3.8, 4) is 0 Å². The predicted molar refractivity (Wildman–Crippen MR) is 72.2 cm³/mol. The molecule has 2 unspecified atom stereocenters. The van der Waals surface area contributed by atoms with Gasteiger partial charge in [0.15, 0.2) is 0 Å². The number of ether oxygens (including phenoxy) is 1. The van der Waals surface area contributed by atoms with Gasteiger partial charge in [-0.25, -0.2) is 0 Å². The smallest absolute Gasteiger partial charge is 0.308 e. The van der Waals surface area contributed by atoms with E-state index in [0.717, 1.165) is 25.7 Å². The lowest BCUT2D eigenvalue weighted by Crippen LogP contribution is -2.46. The summed E-state index contributed by atoms with van der Waals surface area (Å²) in [6.07, 6.45) is 7.82. The molecule has 5 nitrogen and oxygen atoms in total. The first-order valence-electron chi connectivity index (χ1n) is 7.76. The van der Waals surface area contributed by atoms with Crippen LogP contribution >= 0.6 is 0 Å². The molecule has 5 heteroatoms. The van der Waals surface area contributed by atoms with Crippen molar-refractivity contribution in [2.75, 3.05) is 13.1 Å². The molecule has 2 aliphatic heterocycles. The van der Waals surface area contributed by atoms with Gasteiger partial charge in [-0.1, -0.05) is 12.8 Å². The molecular formula is C15H23NO4. The maximum atomic E-state index is 11.9. The van der Waals surface area contributed by atoms with E-state index in [1.54, 1.807) is 4.90 Å². The number of carbonyl (C=O) groups excluding carboxylic acids is 1. The molecule has 1 N–H and O–H groups in total. The van der Waals surface area contributed by atoms with Crippen LogP contribution in [0.4, 0.5) is 0 Å². The molecule has 0 radical (unpaired) electrons. The summed E-state index contributed by atoms with van der Waals surface area (Å²) >= 11 is 0. The van der Waals surface area contributed by atoms with Gasteiger partial charge in [-0.05, 0) is 32.1 Å². The fraction of sp³-hybridized carbons (Fsp3) is 0.867. The lowest BCUT2D eigenvalue weighted by Gasteiger charge is -2.33. The monoisotopic (exact) mass is 281 g/mol. The highest BCUT2D eigenvalue weighted by molar-refractivity contribution is 5.80. The van der Waals surface area contributed by atoms with Crippen LogP contribution in [0, 0.1) is 5.92 Å². The van der Waals surface area contributed by atoms with Crippen molar-refractivity contribution in [1.29, 1.82) is 0 Å². The van der Waals surface area contributed by atoms with Crippen molar-refractivity contribution in [2.24, 2.45) is 5.92 Å². The number of aliphatic carboxylic acids is 1. The second-order valence-corrected chi connectivity index (χ2v) is 6.54. The van der Waals surface area contributed by atoms with Gasteiger partial charge in [0.05, 0.1) is 17.6 Å². The van der Waals surface area contributed by atoms with Crippen LogP contribution in [-0.4, -0.2) is 46.7 Å². The summed E-state index contributed by atoms with van der Waals surface area (Å²) < 4.78 is 6.22. The molecule has 3 aliphatic rings. The molecule has 1 amide bonds. The molecule has 0 aromatic carbocycles. The Labute approximate surface area is 119 Å². The summed E-state index contributed by atoms with van der Waals surface area (Å²) in [6, 6.07) is 0. The molecule has 0 aromatic rings. The van der Waals surface area contributed by atoms with Crippen LogP contribution in [0.3, 0.4) is 0 Å². The molecular weight excluding hydrogens is 258 g/mol. The lowest BCUT2D eigenvalue weighted by molar-refractivity contribution is -0.149. The molecule has 2 saturated heterocycles. The van der Waals surface area contributed by atoms with E-state index in [-0.39, 0.29) is 17.6 Å². The van der Waals surface area contributed by atoms with Crippen LogP contribution in [0.15, 0.2) is 0 Å². The molecule has 112 valence electrons. The molecule has 1 spiro atoms. The van der Waals surface area contributed by atoms with E-state index < -0.39 is 11.9 Å². The minimum absolute atomic E-state index is 0.0791. The van der Waals surface area contributed by atoms with Gasteiger partial charge < -0.3 is 14.7 Å². The van der Waals surface area contributed by atoms with Gasteiger partial charge in [-0.2, -0.15) is 0 Å². The Kier molecular flexibility index (Phi) is 3.71. The molecule has 1 aliphatic carbocycles. The van der Waals surface area contributed by atoms with Crippen LogP contribution < -0.4 is 0 Å². The highest BCUT2D eigenvalue weighted by atomic mass is 16.5. The summed E-state index contributed by atoms with van der Waals surface area (Å²) in [5, 5.41) is 9.10. The zero-order valence-corrected chi connectivity index (χ0v) is 11.8. The largest absolute Gasteiger partial charge is 0.481 e. The Morgan fingerprint density at radius 1 is 1.30 bits per heavy atom. The van der Waals surface area contributed by atoms with Gasteiger partial charge in [0.2, 0.25) is 5.91 Å². The number of rotatable bonds is 3. The topological polar surface area (TPSA) is 66.8 Å². The molecule has 2 atom stereocenters. The van der Waals surface area contributed by atoms with Gasteiger partial charge in [0, 0.05) is 19.5 Å². The summed E-state index contributed by atoms with van der Waals surface area (Å²) in [4.78, 5) is 24.7. The summed E-state index contributed by atoms with van der Waals surface area (Å²) in [5.74, 6) is -1.12. The Hall–Kier alpha value is -1.10. The van der Waals surface area contributed by atoms with Gasteiger partial charge in [0.1, 0.15) is 0 Å². The average Bonchev–Trinajstić information content (AvgIpc) is 3.03. The maximum Gasteiger partial charge on any atom is 0.308 e. The Morgan fingerprint density at radius 2 is 2.05 bits per heavy atom. The van der Waals surface area contributed by atoms with Crippen molar-refractivity contribution in [2.45, 2.75) is 63.1 Å². The lowest BCUT2D eigenvalue weighted by atomic mass is 9.96. The van der Waals surface area contributed by atoms with Gasteiger partial charge in [-0.15, -0.1) is 0 Å². The first-order chi connectivity index (χ1) is 9.58. The summed E-state index contributed by atoms with van der Waals surface area (Å²) in [7, 11) is 0. The fourth-order valence-electron chi connectivity index (χ4n) is 3.95. The molecule has 20 heavy (non-hydrogen) atoms. The number of carboxylic acids is 1. The second-order valence-electron chi connectivity index (χ2n) is 6.54. The number of hydrogen-bond acceptors (Lipinski definition) is 3. The van der Waals surface area contributed by atoms with Crippen LogP contribution in [0.1, 0.15) is 51.4 Å². The van der Waals surface area contributed by atoms with E-state index in [9.17, 15) is 9.59 Å². The fourth-order valence-corrected chi connectivity index (χ4v) is 3.95. The molecule has 3 fully saturated rings.